The van der Waals surface area contributed by atoms with Crippen LogP contribution in [-0.2, 0) is 0 Å². The molecule has 0 aliphatic carbocycles. The van der Waals surface area contributed by atoms with Crippen LogP contribution in [0.2, 0.25) is 0 Å². The summed E-state index contributed by atoms with van der Waals surface area (Å²) < 4.78 is 31.0. The number of piperidine rings is 1. The summed E-state index contributed by atoms with van der Waals surface area (Å²) in [4.78, 5) is 18.6. The highest BCUT2D eigenvalue weighted by atomic mass is 32.1. The van der Waals surface area contributed by atoms with Gasteiger partial charge >= 0.3 is 6.03 Å². The van der Waals surface area contributed by atoms with Crippen LogP contribution in [0.15, 0.2) is 36.4 Å². The second-order valence-corrected chi connectivity index (χ2v) is 7.86. The summed E-state index contributed by atoms with van der Waals surface area (Å²) in [6.45, 7) is 1.12. The number of aromatic nitrogens is 1. The molecule has 0 bridgehead atoms. The minimum atomic E-state index is -0.347. The predicted octanol–water partition coefficient (Wildman–Crippen LogP) is 4.53. The van der Waals surface area contributed by atoms with Gasteiger partial charge < -0.3 is 24.4 Å². The lowest BCUT2D eigenvalue weighted by atomic mass is 10.1. The number of carbonyl (C=O) groups is 1. The second-order valence-electron chi connectivity index (χ2n) is 6.87. The zero-order chi connectivity index (χ0) is 21.1. The number of amides is 2. The molecule has 2 heterocycles. The van der Waals surface area contributed by atoms with E-state index in [2.05, 4.69) is 10.3 Å². The number of rotatable bonds is 5. The van der Waals surface area contributed by atoms with Crippen molar-refractivity contribution in [2.45, 2.75) is 18.9 Å². The number of urea groups is 1. The van der Waals surface area contributed by atoms with Crippen LogP contribution in [0, 0.1) is 5.82 Å². The summed E-state index contributed by atoms with van der Waals surface area (Å²) in [5.74, 6) is 0.804. The topological polar surface area (TPSA) is 72.9 Å². The maximum atomic E-state index is 13.8. The van der Waals surface area contributed by atoms with Crippen molar-refractivity contribution < 1.29 is 23.4 Å². The first-order valence-electron chi connectivity index (χ1n) is 9.57. The van der Waals surface area contributed by atoms with Crippen LogP contribution in [0.5, 0.6) is 16.7 Å². The quantitative estimate of drug-likeness (QED) is 0.643. The number of ether oxygens (including phenoxy) is 3. The van der Waals surface area contributed by atoms with Gasteiger partial charge in [0, 0.05) is 37.7 Å². The smallest absolute Gasteiger partial charge is 0.321 e. The van der Waals surface area contributed by atoms with Gasteiger partial charge in [-0.3, -0.25) is 0 Å². The first-order chi connectivity index (χ1) is 14.6. The van der Waals surface area contributed by atoms with Gasteiger partial charge in [-0.25, -0.2) is 9.18 Å². The third kappa shape index (κ3) is 4.25. The van der Waals surface area contributed by atoms with E-state index >= 15 is 0 Å². The Balaban J connectivity index is 1.32. The van der Waals surface area contributed by atoms with E-state index in [1.165, 1.54) is 17.4 Å². The van der Waals surface area contributed by atoms with Crippen LogP contribution >= 0.6 is 11.3 Å². The third-order valence-electron chi connectivity index (χ3n) is 4.98. The van der Waals surface area contributed by atoms with E-state index in [1.807, 2.05) is 6.07 Å². The predicted molar refractivity (Wildman–Crippen MR) is 113 cm³/mol. The fourth-order valence-corrected chi connectivity index (χ4v) is 4.28. The molecule has 0 atom stereocenters. The van der Waals surface area contributed by atoms with Gasteiger partial charge in [0.05, 0.1) is 18.9 Å². The van der Waals surface area contributed by atoms with Crippen LogP contribution in [0.4, 0.5) is 14.9 Å². The van der Waals surface area contributed by atoms with Crippen molar-refractivity contribution in [2.24, 2.45) is 0 Å². The van der Waals surface area contributed by atoms with E-state index in [0.29, 0.717) is 53.8 Å². The summed E-state index contributed by atoms with van der Waals surface area (Å²) in [6, 6.07) is 9.93. The molecule has 1 saturated heterocycles. The zero-order valence-corrected chi connectivity index (χ0v) is 17.5. The lowest BCUT2D eigenvalue weighted by molar-refractivity contribution is 0.115. The normalized spacial score (nSPS) is 14.6. The molecule has 4 rings (SSSR count). The minimum absolute atomic E-state index is 0.0567. The van der Waals surface area contributed by atoms with Crippen molar-refractivity contribution in [3.8, 4) is 16.7 Å². The van der Waals surface area contributed by atoms with Gasteiger partial charge in [-0.05, 0) is 24.3 Å². The number of carbonyl (C=O) groups excluding carboxylic acids is 1. The van der Waals surface area contributed by atoms with Crippen molar-refractivity contribution in [1.29, 1.82) is 0 Å². The van der Waals surface area contributed by atoms with Gasteiger partial charge in [0.2, 0.25) is 0 Å². The first-order valence-corrected chi connectivity index (χ1v) is 10.4. The van der Waals surface area contributed by atoms with Gasteiger partial charge in [0.1, 0.15) is 17.4 Å². The van der Waals surface area contributed by atoms with E-state index < -0.39 is 0 Å². The van der Waals surface area contributed by atoms with Gasteiger partial charge in [-0.15, -0.1) is 0 Å². The van der Waals surface area contributed by atoms with Crippen molar-refractivity contribution >= 4 is 33.3 Å². The van der Waals surface area contributed by atoms with Crippen molar-refractivity contribution in [1.82, 2.24) is 9.88 Å². The van der Waals surface area contributed by atoms with E-state index in [9.17, 15) is 9.18 Å². The summed E-state index contributed by atoms with van der Waals surface area (Å²) in [5, 5.41) is 3.35. The van der Waals surface area contributed by atoms with E-state index in [1.54, 1.807) is 43.4 Å². The number of likely N-dealkylation sites (tertiary alicyclic amines) is 1. The Kier molecular flexibility index (Phi) is 5.89. The number of nitrogens with one attached hydrogen (secondary N) is 1. The highest BCUT2D eigenvalue weighted by molar-refractivity contribution is 7.20. The number of benzene rings is 2. The molecule has 30 heavy (non-hydrogen) atoms. The highest BCUT2D eigenvalue weighted by Crippen LogP contribution is 2.32. The Bertz CT molecular complexity index is 1050. The van der Waals surface area contributed by atoms with Gasteiger partial charge in [0.15, 0.2) is 11.5 Å². The van der Waals surface area contributed by atoms with Crippen LogP contribution in [0.25, 0.3) is 10.2 Å². The number of thiazole rings is 1. The molecule has 0 saturated carbocycles. The van der Waals surface area contributed by atoms with Crippen LogP contribution in [0.1, 0.15) is 12.8 Å². The molecule has 1 fully saturated rings. The summed E-state index contributed by atoms with van der Waals surface area (Å²) >= 11 is 1.33. The summed E-state index contributed by atoms with van der Waals surface area (Å²) in [7, 11) is 3.11. The number of fused-ring (bicyclic) bond motifs is 1. The monoisotopic (exact) mass is 431 g/mol. The highest BCUT2D eigenvalue weighted by Gasteiger charge is 2.25. The molecular formula is C21H22FN3O4S. The van der Waals surface area contributed by atoms with E-state index in [4.69, 9.17) is 14.2 Å². The van der Waals surface area contributed by atoms with Crippen molar-refractivity contribution in [3.05, 3.63) is 42.2 Å². The Labute approximate surface area is 177 Å². The largest absolute Gasteiger partial charge is 0.493 e. The number of methoxy groups -OCH3 is 2. The van der Waals surface area contributed by atoms with Gasteiger partial charge in [-0.1, -0.05) is 17.4 Å². The van der Waals surface area contributed by atoms with Crippen molar-refractivity contribution in [3.63, 3.8) is 0 Å². The molecule has 9 heteroatoms. The Morgan fingerprint density at radius 3 is 2.63 bits per heavy atom. The number of para-hydroxylation sites is 1. The fraction of sp³-hybridized carbons (Fsp3) is 0.333. The van der Waals surface area contributed by atoms with E-state index in [-0.39, 0.29) is 18.0 Å². The summed E-state index contributed by atoms with van der Waals surface area (Å²) in [5.41, 5.74) is 0.969. The first kappa shape index (κ1) is 20.2. The number of nitrogens with zero attached hydrogens (tertiary/aromatic N) is 2. The summed E-state index contributed by atoms with van der Waals surface area (Å²) in [6.07, 6.45) is 1.30. The average Bonchev–Trinajstić information content (AvgIpc) is 3.18. The molecule has 0 radical (unpaired) electrons. The Morgan fingerprint density at radius 1 is 1.17 bits per heavy atom. The second kappa shape index (κ2) is 8.74. The Morgan fingerprint density at radius 2 is 1.93 bits per heavy atom. The van der Waals surface area contributed by atoms with Crippen molar-refractivity contribution in [2.75, 3.05) is 32.6 Å². The molecule has 1 N–H and O–H groups in total. The van der Waals surface area contributed by atoms with Crippen LogP contribution < -0.4 is 19.5 Å². The molecule has 1 aliphatic rings. The van der Waals surface area contributed by atoms with Crippen LogP contribution in [-0.4, -0.2) is 49.3 Å². The molecule has 7 nitrogen and oxygen atoms in total. The maximum absolute atomic E-state index is 13.8. The lowest BCUT2D eigenvalue weighted by Gasteiger charge is -2.31. The molecule has 2 aromatic carbocycles. The SMILES string of the molecule is COc1ccc(NC(=O)N2CCC(Oc3nc4c(F)cccc4s3)CC2)cc1OC. The number of anilines is 1. The number of hydrogen-bond donors (Lipinski definition) is 1. The standard InChI is InChI=1S/C21H22FN3O4S/c1-27-16-7-6-13(12-17(16)28-2)23-20(26)25-10-8-14(9-11-25)29-21-24-19-15(22)4-3-5-18(19)30-21/h3-7,12,14H,8-11H2,1-2H3,(H,23,26). The molecule has 3 aromatic rings. The average molecular weight is 431 g/mol. The fourth-order valence-electron chi connectivity index (χ4n) is 3.38. The third-order valence-corrected chi connectivity index (χ3v) is 5.89. The molecule has 0 unspecified atom stereocenters. The Hall–Kier alpha value is -3.07. The molecular weight excluding hydrogens is 409 g/mol. The molecule has 2 amide bonds. The zero-order valence-electron chi connectivity index (χ0n) is 16.7. The molecule has 158 valence electrons. The van der Waals surface area contributed by atoms with E-state index in [0.717, 1.165) is 4.70 Å². The van der Waals surface area contributed by atoms with Gasteiger partial charge in [0.25, 0.3) is 5.19 Å². The van der Waals surface area contributed by atoms with Crippen LogP contribution in [0.3, 0.4) is 0 Å². The molecule has 1 aliphatic heterocycles. The maximum Gasteiger partial charge on any atom is 0.321 e. The lowest BCUT2D eigenvalue weighted by Crippen LogP contribution is -2.43. The molecule has 1 aromatic heterocycles. The number of hydrogen-bond acceptors (Lipinski definition) is 6. The molecule has 0 spiro atoms. The minimum Gasteiger partial charge on any atom is -0.493 e. The van der Waals surface area contributed by atoms with Gasteiger partial charge in [-0.2, -0.15) is 4.98 Å². The number of halogens is 1.